The van der Waals surface area contributed by atoms with Crippen LogP contribution in [0.2, 0.25) is 0 Å². The van der Waals surface area contributed by atoms with Gasteiger partial charge in [0.2, 0.25) is 0 Å². The second-order valence-electron chi connectivity index (χ2n) is 7.26. The van der Waals surface area contributed by atoms with Gasteiger partial charge in [0.25, 0.3) is 5.91 Å². The molecular weight excluding hydrogens is 358 g/mol. The highest BCUT2D eigenvalue weighted by atomic mass is 16.5. The summed E-state index contributed by atoms with van der Waals surface area (Å²) in [6.07, 6.45) is 3.71. The molecule has 1 fully saturated rings. The first kappa shape index (κ1) is 18.3. The summed E-state index contributed by atoms with van der Waals surface area (Å²) in [6, 6.07) is 8.95. The van der Waals surface area contributed by atoms with Crippen molar-refractivity contribution in [1.82, 2.24) is 9.88 Å². The third-order valence-corrected chi connectivity index (χ3v) is 5.26. The summed E-state index contributed by atoms with van der Waals surface area (Å²) in [6.45, 7) is 2.04. The van der Waals surface area contributed by atoms with E-state index in [1.807, 2.05) is 11.0 Å². The van der Waals surface area contributed by atoms with Crippen LogP contribution in [0, 0.1) is 5.92 Å². The Morgan fingerprint density at radius 1 is 1.29 bits per heavy atom. The molecule has 3 heterocycles. The van der Waals surface area contributed by atoms with E-state index in [2.05, 4.69) is 4.98 Å². The Morgan fingerprint density at radius 2 is 2.11 bits per heavy atom. The lowest BCUT2D eigenvalue weighted by molar-refractivity contribution is -0.121. The van der Waals surface area contributed by atoms with Gasteiger partial charge in [0.05, 0.1) is 6.61 Å². The highest BCUT2D eigenvalue weighted by Crippen LogP contribution is 2.27. The summed E-state index contributed by atoms with van der Waals surface area (Å²) in [5.74, 6) is 2.10. The summed E-state index contributed by atoms with van der Waals surface area (Å²) in [5.41, 5.74) is 7.20. The molecule has 0 bridgehead atoms. The number of nitrogens with zero attached hydrogens (tertiary/aromatic N) is 2. The molecule has 2 aliphatic rings. The van der Waals surface area contributed by atoms with E-state index in [9.17, 15) is 9.59 Å². The first-order valence-electron chi connectivity index (χ1n) is 9.50. The van der Waals surface area contributed by atoms with Crippen LogP contribution in [-0.4, -0.2) is 47.9 Å². The molecule has 0 spiro atoms. The topological polar surface area (TPSA) is 94.8 Å². The number of pyridine rings is 1. The Bertz CT molecular complexity index is 891. The van der Waals surface area contributed by atoms with Gasteiger partial charge in [-0.15, -0.1) is 0 Å². The Balaban J connectivity index is 1.32. The van der Waals surface area contributed by atoms with Gasteiger partial charge in [-0.1, -0.05) is 0 Å². The lowest BCUT2D eigenvalue weighted by atomic mass is 9.96. The largest absolute Gasteiger partial charge is 0.489 e. The minimum Gasteiger partial charge on any atom is -0.489 e. The van der Waals surface area contributed by atoms with Crippen molar-refractivity contribution in [2.24, 2.45) is 5.92 Å². The maximum absolute atomic E-state index is 12.8. The van der Waals surface area contributed by atoms with Crippen molar-refractivity contribution < 1.29 is 19.1 Å². The summed E-state index contributed by atoms with van der Waals surface area (Å²) >= 11 is 0. The number of aromatic nitrogens is 1. The van der Waals surface area contributed by atoms with Crippen LogP contribution in [0.4, 0.5) is 5.82 Å². The Hall–Kier alpha value is -3.09. The molecule has 1 aromatic carbocycles. The van der Waals surface area contributed by atoms with Crippen LogP contribution in [-0.2, 0) is 11.2 Å². The lowest BCUT2D eigenvalue weighted by Gasteiger charge is -2.32. The number of rotatable bonds is 4. The second-order valence-corrected chi connectivity index (χ2v) is 7.26. The second kappa shape index (κ2) is 7.88. The number of Topliss-reactive ketones (excluding diaryl/α,β-unsaturated/α-hetero) is 1. The van der Waals surface area contributed by atoms with Crippen molar-refractivity contribution in [1.29, 1.82) is 0 Å². The molecule has 2 aliphatic heterocycles. The van der Waals surface area contributed by atoms with E-state index in [1.54, 1.807) is 30.5 Å². The van der Waals surface area contributed by atoms with Gasteiger partial charge in [0.1, 0.15) is 12.4 Å². The monoisotopic (exact) mass is 381 g/mol. The van der Waals surface area contributed by atoms with E-state index in [4.69, 9.17) is 15.2 Å². The van der Waals surface area contributed by atoms with Crippen LogP contribution >= 0.6 is 0 Å². The maximum atomic E-state index is 12.8. The van der Waals surface area contributed by atoms with Gasteiger partial charge in [0.15, 0.2) is 17.4 Å². The van der Waals surface area contributed by atoms with Gasteiger partial charge in [-0.3, -0.25) is 9.59 Å². The van der Waals surface area contributed by atoms with E-state index >= 15 is 0 Å². The highest BCUT2D eigenvalue weighted by Gasteiger charge is 2.26. The first-order valence-corrected chi connectivity index (χ1v) is 9.50. The molecule has 2 N–H and O–H groups in total. The number of fused-ring (bicyclic) bond motifs is 1. The SMILES string of the molecule is Nc1ncccc1OCC1CCN(C(=O)c2ccc3c(c2)CC(=O)CO3)CC1. The normalized spacial score (nSPS) is 17.0. The average molecular weight is 381 g/mol. The van der Waals surface area contributed by atoms with Crippen molar-refractivity contribution in [3.05, 3.63) is 47.7 Å². The fourth-order valence-corrected chi connectivity index (χ4v) is 3.63. The van der Waals surface area contributed by atoms with Crippen molar-refractivity contribution in [2.45, 2.75) is 19.3 Å². The molecule has 4 rings (SSSR count). The molecule has 0 saturated carbocycles. The molecule has 1 aromatic heterocycles. The van der Waals surface area contributed by atoms with E-state index in [1.165, 1.54) is 0 Å². The summed E-state index contributed by atoms with van der Waals surface area (Å²) in [7, 11) is 0. The van der Waals surface area contributed by atoms with Crippen LogP contribution in [0.3, 0.4) is 0 Å². The molecule has 146 valence electrons. The summed E-state index contributed by atoms with van der Waals surface area (Å²) < 4.78 is 11.2. The third kappa shape index (κ3) is 3.93. The van der Waals surface area contributed by atoms with Gasteiger partial charge in [-0.05, 0) is 49.1 Å². The maximum Gasteiger partial charge on any atom is 0.253 e. The molecule has 1 saturated heterocycles. The molecule has 0 radical (unpaired) electrons. The van der Waals surface area contributed by atoms with E-state index in [0.717, 1.165) is 18.4 Å². The quantitative estimate of drug-likeness (QED) is 0.872. The number of ketones is 1. The van der Waals surface area contributed by atoms with Gasteiger partial charge in [0, 0.05) is 36.8 Å². The number of nitrogens with two attached hydrogens (primary N) is 1. The molecule has 0 unspecified atom stereocenters. The lowest BCUT2D eigenvalue weighted by Crippen LogP contribution is -2.39. The van der Waals surface area contributed by atoms with E-state index in [0.29, 0.717) is 54.9 Å². The predicted octanol–water partition coefficient (Wildman–Crippen LogP) is 2.10. The van der Waals surface area contributed by atoms with Crippen molar-refractivity contribution in [2.75, 3.05) is 32.0 Å². The molecule has 28 heavy (non-hydrogen) atoms. The fraction of sp³-hybridized carbons (Fsp3) is 0.381. The number of hydrogen-bond donors (Lipinski definition) is 1. The molecular formula is C21H23N3O4. The van der Waals surface area contributed by atoms with E-state index in [-0.39, 0.29) is 18.3 Å². The number of carbonyl (C=O) groups is 2. The number of piperidine rings is 1. The van der Waals surface area contributed by atoms with Gasteiger partial charge < -0.3 is 20.1 Å². The minimum atomic E-state index is -0.00306. The van der Waals surface area contributed by atoms with Crippen LogP contribution in [0.15, 0.2) is 36.5 Å². The Kier molecular flexibility index (Phi) is 5.14. The predicted molar refractivity (Wildman–Crippen MR) is 103 cm³/mol. The van der Waals surface area contributed by atoms with Crippen LogP contribution in [0.25, 0.3) is 0 Å². The standard InChI is InChI=1S/C21H23N3O4/c22-20-19(2-1-7-23-20)27-12-14-5-8-24(9-6-14)21(26)15-3-4-18-16(10-15)11-17(25)13-28-18/h1-4,7,10,14H,5-6,8-9,11-13H2,(H2,22,23). The molecule has 0 atom stereocenters. The van der Waals surface area contributed by atoms with Crippen LogP contribution in [0.1, 0.15) is 28.8 Å². The van der Waals surface area contributed by atoms with Gasteiger partial charge >= 0.3 is 0 Å². The van der Waals surface area contributed by atoms with Crippen molar-refractivity contribution >= 4 is 17.5 Å². The van der Waals surface area contributed by atoms with Crippen LogP contribution in [0.5, 0.6) is 11.5 Å². The summed E-state index contributed by atoms with van der Waals surface area (Å²) in [5, 5.41) is 0. The molecule has 0 aliphatic carbocycles. The number of likely N-dealkylation sites (tertiary alicyclic amines) is 1. The zero-order chi connectivity index (χ0) is 19.5. The number of amides is 1. The Labute approximate surface area is 163 Å². The first-order chi connectivity index (χ1) is 13.6. The van der Waals surface area contributed by atoms with Gasteiger partial charge in [-0.2, -0.15) is 0 Å². The summed E-state index contributed by atoms with van der Waals surface area (Å²) in [4.78, 5) is 30.3. The van der Waals surface area contributed by atoms with E-state index < -0.39 is 0 Å². The molecule has 7 nitrogen and oxygen atoms in total. The average Bonchev–Trinajstić information content (AvgIpc) is 2.72. The number of carbonyl (C=O) groups excluding carboxylic acids is 2. The number of benzene rings is 1. The molecule has 1 amide bonds. The number of ether oxygens (including phenoxy) is 2. The zero-order valence-electron chi connectivity index (χ0n) is 15.6. The molecule has 7 heteroatoms. The number of hydrogen-bond acceptors (Lipinski definition) is 6. The number of anilines is 1. The van der Waals surface area contributed by atoms with Crippen LogP contribution < -0.4 is 15.2 Å². The van der Waals surface area contributed by atoms with Crippen molar-refractivity contribution in [3.8, 4) is 11.5 Å². The highest BCUT2D eigenvalue weighted by molar-refractivity contribution is 5.95. The fourth-order valence-electron chi connectivity index (χ4n) is 3.63. The van der Waals surface area contributed by atoms with Gasteiger partial charge in [-0.25, -0.2) is 4.98 Å². The zero-order valence-corrected chi connectivity index (χ0v) is 15.6. The number of nitrogen functional groups attached to an aromatic ring is 1. The molecule has 2 aromatic rings. The Morgan fingerprint density at radius 3 is 2.89 bits per heavy atom. The van der Waals surface area contributed by atoms with Crippen molar-refractivity contribution in [3.63, 3.8) is 0 Å². The smallest absolute Gasteiger partial charge is 0.253 e. The minimum absolute atomic E-state index is 0.00306. The third-order valence-electron chi connectivity index (χ3n) is 5.26.